The molecule has 0 aromatic heterocycles. The Morgan fingerprint density at radius 1 is 1.39 bits per heavy atom. The highest BCUT2D eigenvalue weighted by Crippen LogP contribution is 2.36. The van der Waals surface area contributed by atoms with Crippen molar-refractivity contribution < 1.29 is 9.53 Å². The van der Waals surface area contributed by atoms with Crippen LogP contribution >= 0.6 is 0 Å². The molecule has 1 aromatic carbocycles. The summed E-state index contributed by atoms with van der Waals surface area (Å²) in [6.45, 7) is 2.48. The van der Waals surface area contributed by atoms with E-state index < -0.39 is 0 Å². The number of amides is 1. The van der Waals surface area contributed by atoms with Crippen molar-refractivity contribution in [2.45, 2.75) is 38.8 Å². The summed E-state index contributed by atoms with van der Waals surface area (Å²) in [4.78, 5) is 13.7. The molecule has 0 spiro atoms. The molecular weight excluding hydrogens is 226 g/mol. The number of carbonyl (C=O) groups is 1. The van der Waals surface area contributed by atoms with Gasteiger partial charge in [-0.2, -0.15) is 0 Å². The molecular formula is C15H21NO2. The van der Waals surface area contributed by atoms with Gasteiger partial charge in [-0.05, 0) is 30.7 Å². The lowest BCUT2D eigenvalue weighted by atomic mass is 10.1. The van der Waals surface area contributed by atoms with Crippen LogP contribution in [0.5, 0.6) is 0 Å². The number of rotatable bonds is 5. The van der Waals surface area contributed by atoms with Crippen LogP contribution in [0.2, 0.25) is 0 Å². The van der Waals surface area contributed by atoms with Gasteiger partial charge >= 0.3 is 6.09 Å². The summed E-state index contributed by atoms with van der Waals surface area (Å²) in [5.41, 5.74) is 1.03. The van der Waals surface area contributed by atoms with Crippen LogP contribution in [0.4, 0.5) is 4.79 Å². The Hall–Kier alpha value is -1.51. The van der Waals surface area contributed by atoms with Crippen LogP contribution in [0.3, 0.4) is 0 Å². The van der Waals surface area contributed by atoms with Gasteiger partial charge in [0, 0.05) is 13.1 Å². The molecule has 1 aliphatic rings. The van der Waals surface area contributed by atoms with Crippen LogP contribution in [-0.4, -0.2) is 24.1 Å². The summed E-state index contributed by atoms with van der Waals surface area (Å²) in [5, 5.41) is 0. The van der Waals surface area contributed by atoms with Crippen molar-refractivity contribution >= 4 is 6.09 Å². The van der Waals surface area contributed by atoms with Gasteiger partial charge in [0.15, 0.2) is 0 Å². The van der Waals surface area contributed by atoms with E-state index >= 15 is 0 Å². The molecule has 3 nitrogen and oxygen atoms in total. The van der Waals surface area contributed by atoms with E-state index in [1.807, 2.05) is 37.4 Å². The molecule has 3 heteroatoms. The first kappa shape index (κ1) is 12.9. The molecule has 1 fully saturated rings. The van der Waals surface area contributed by atoms with E-state index in [9.17, 15) is 4.79 Å². The zero-order valence-electron chi connectivity index (χ0n) is 11.1. The number of benzene rings is 1. The Balaban J connectivity index is 1.83. The molecule has 1 atom stereocenters. The van der Waals surface area contributed by atoms with Crippen molar-refractivity contribution in [1.82, 2.24) is 4.90 Å². The second kappa shape index (κ2) is 5.89. The van der Waals surface area contributed by atoms with E-state index in [1.165, 1.54) is 12.8 Å². The number of hydrogen-bond acceptors (Lipinski definition) is 2. The van der Waals surface area contributed by atoms with Gasteiger partial charge in [0.1, 0.15) is 6.61 Å². The van der Waals surface area contributed by atoms with Gasteiger partial charge in [-0.25, -0.2) is 4.79 Å². The van der Waals surface area contributed by atoms with Gasteiger partial charge in [-0.1, -0.05) is 37.3 Å². The quantitative estimate of drug-likeness (QED) is 0.797. The van der Waals surface area contributed by atoms with Crippen LogP contribution in [0.25, 0.3) is 0 Å². The highest BCUT2D eigenvalue weighted by Gasteiger charge is 2.34. The number of nitrogens with zero attached hydrogens (tertiary/aromatic N) is 1. The van der Waals surface area contributed by atoms with Crippen molar-refractivity contribution in [3.8, 4) is 0 Å². The molecule has 98 valence electrons. The normalized spacial score (nSPS) is 16.1. The SMILES string of the molecule is CCC(C1CC1)N(C)C(=O)OCc1ccccc1. The summed E-state index contributed by atoms with van der Waals surface area (Å²) >= 11 is 0. The Morgan fingerprint density at radius 3 is 2.61 bits per heavy atom. The molecule has 1 saturated carbocycles. The molecule has 18 heavy (non-hydrogen) atoms. The van der Waals surface area contributed by atoms with Gasteiger partial charge in [0.25, 0.3) is 0 Å². The smallest absolute Gasteiger partial charge is 0.410 e. The summed E-state index contributed by atoms with van der Waals surface area (Å²) in [6.07, 6.45) is 3.28. The van der Waals surface area contributed by atoms with Gasteiger partial charge in [0.05, 0.1) is 0 Å². The zero-order chi connectivity index (χ0) is 13.0. The monoisotopic (exact) mass is 247 g/mol. The fourth-order valence-electron chi connectivity index (χ4n) is 2.36. The van der Waals surface area contributed by atoms with E-state index in [2.05, 4.69) is 6.92 Å². The van der Waals surface area contributed by atoms with Crippen LogP contribution in [0.15, 0.2) is 30.3 Å². The molecule has 0 saturated heterocycles. The number of hydrogen-bond donors (Lipinski definition) is 0. The highest BCUT2D eigenvalue weighted by atomic mass is 16.6. The molecule has 1 unspecified atom stereocenters. The molecule has 1 aliphatic carbocycles. The van der Waals surface area contributed by atoms with Gasteiger partial charge in [-0.3, -0.25) is 0 Å². The van der Waals surface area contributed by atoms with Gasteiger partial charge in [-0.15, -0.1) is 0 Å². The molecule has 1 amide bonds. The largest absolute Gasteiger partial charge is 0.445 e. The first-order valence-corrected chi connectivity index (χ1v) is 6.66. The minimum absolute atomic E-state index is 0.211. The zero-order valence-corrected chi connectivity index (χ0v) is 11.1. The van der Waals surface area contributed by atoms with E-state index in [0.717, 1.165) is 12.0 Å². The van der Waals surface area contributed by atoms with Crippen LogP contribution in [0, 0.1) is 5.92 Å². The van der Waals surface area contributed by atoms with Crippen molar-refractivity contribution in [3.63, 3.8) is 0 Å². The average Bonchev–Trinajstić information content (AvgIpc) is 3.22. The Morgan fingerprint density at radius 2 is 2.06 bits per heavy atom. The second-order valence-electron chi connectivity index (χ2n) is 4.96. The van der Waals surface area contributed by atoms with E-state index in [4.69, 9.17) is 4.74 Å². The molecule has 0 bridgehead atoms. The van der Waals surface area contributed by atoms with Crippen LogP contribution < -0.4 is 0 Å². The van der Waals surface area contributed by atoms with Gasteiger partial charge < -0.3 is 9.64 Å². The molecule has 0 N–H and O–H groups in total. The molecule has 0 heterocycles. The minimum atomic E-state index is -0.211. The summed E-state index contributed by atoms with van der Waals surface area (Å²) in [6, 6.07) is 10.1. The molecule has 0 radical (unpaired) electrons. The fourth-order valence-corrected chi connectivity index (χ4v) is 2.36. The van der Waals surface area contributed by atoms with E-state index in [1.54, 1.807) is 4.90 Å². The second-order valence-corrected chi connectivity index (χ2v) is 4.96. The third kappa shape index (κ3) is 3.25. The number of ether oxygens (including phenoxy) is 1. The minimum Gasteiger partial charge on any atom is -0.445 e. The maximum Gasteiger partial charge on any atom is 0.410 e. The molecule has 2 rings (SSSR count). The van der Waals surface area contributed by atoms with E-state index in [-0.39, 0.29) is 6.09 Å². The van der Waals surface area contributed by atoms with E-state index in [0.29, 0.717) is 18.6 Å². The lowest BCUT2D eigenvalue weighted by Gasteiger charge is -2.26. The maximum absolute atomic E-state index is 12.0. The van der Waals surface area contributed by atoms with Crippen molar-refractivity contribution in [1.29, 1.82) is 0 Å². The summed E-state index contributed by atoms with van der Waals surface area (Å²) in [5.74, 6) is 0.685. The topological polar surface area (TPSA) is 29.5 Å². The van der Waals surface area contributed by atoms with Crippen LogP contribution in [-0.2, 0) is 11.3 Å². The Labute approximate surface area is 109 Å². The highest BCUT2D eigenvalue weighted by molar-refractivity contribution is 5.67. The predicted octanol–water partition coefficient (Wildman–Crippen LogP) is 3.44. The lowest BCUT2D eigenvalue weighted by molar-refractivity contribution is 0.0861. The van der Waals surface area contributed by atoms with Crippen molar-refractivity contribution in [2.24, 2.45) is 5.92 Å². The number of carbonyl (C=O) groups excluding carboxylic acids is 1. The third-order valence-corrected chi connectivity index (χ3v) is 3.58. The lowest BCUT2D eigenvalue weighted by Crippen LogP contribution is -2.38. The summed E-state index contributed by atoms with van der Waals surface area (Å²) < 4.78 is 5.34. The average molecular weight is 247 g/mol. The fraction of sp³-hybridized carbons (Fsp3) is 0.533. The Bertz CT molecular complexity index is 387. The predicted molar refractivity (Wildman–Crippen MR) is 71.2 cm³/mol. The third-order valence-electron chi connectivity index (χ3n) is 3.58. The van der Waals surface area contributed by atoms with Gasteiger partial charge in [0.2, 0.25) is 0 Å². The first-order chi connectivity index (χ1) is 8.72. The Kier molecular flexibility index (Phi) is 4.24. The molecule has 1 aromatic rings. The standard InChI is InChI=1S/C15H21NO2/c1-3-14(13-9-10-13)16(2)15(17)18-11-12-7-5-4-6-8-12/h4-8,13-14H,3,9-11H2,1-2H3. The van der Waals surface area contributed by atoms with Crippen molar-refractivity contribution in [3.05, 3.63) is 35.9 Å². The van der Waals surface area contributed by atoms with Crippen molar-refractivity contribution in [2.75, 3.05) is 7.05 Å². The first-order valence-electron chi connectivity index (χ1n) is 6.66. The maximum atomic E-state index is 12.0. The van der Waals surface area contributed by atoms with Crippen LogP contribution in [0.1, 0.15) is 31.7 Å². The molecule has 0 aliphatic heterocycles. The summed E-state index contributed by atoms with van der Waals surface area (Å²) in [7, 11) is 1.85.